The second-order valence-corrected chi connectivity index (χ2v) is 6.25. The summed E-state index contributed by atoms with van der Waals surface area (Å²) in [6.07, 6.45) is -4.18. The fourth-order valence-electron chi connectivity index (χ4n) is 3.30. The van der Waals surface area contributed by atoms with Crippen LogP contribution in [-0.2, 0) is 15.8 Å². The Morgan fingerprint density at radius 1 is 1.33 bits per heavy atom. The van der Waals surface area contributed by atoms with Gasteiger partial charge >= 0.3 is 12.1 Å². The molecule has 1 aliphatic heterocycles. The summed E-state index contributed by atoms with van der Waals surface area (Å²) < 4.78 is 39.3. The van der Waals surface area contributed by atoms with Crippen LogP contribution in [0, 0.1) is 5.92 Å². The summed E-state index contributed by atoms with van der Waals surface area (Å²) in [7, 11) is 0. The number of amides is 1. The van der Waals surface area contributed by atoms with Crippen LogP contribution in [0.4, 0.5) is 13.2 Å². The van der Waals surface area contributed by atoms with E-state index in [9.17, 15) is 22.8 Å². The van der Waals surface area contributed by atoms with Crippen molar-refractivity contribution in [2.75, 3.05) is 6.54 Å². The largest absolute Gasteiger partial charge is 0.481 e. The lowest BCUT2D eigenvalue weighted by Crippen LogP contribution is -2.38. The summed E-state index contributed by atoms with van der Waals surface area (Å²) in [5, 5.41) is 9.11. The maximum absolute atomic E-state index is 13.1. The molecule has 0 bridgehead atoms. The monoisotopic (exact) mass is 343 g/mol. The second kappa shape index (κ2) is 6.83. The Bertz CT molecular complexity index is 630. The van der Waals surface area contributed by atoms with E-state index in [-0.39, 0.29) is 17.9 Å². The number of rotatable bonds is 4. The number of benzene rings is 1. The van der Waals surface area contributed by atoms with E-state index in [0.717, 1.165) is 6.07 Å². The highest BCUT2D eigenvalue weighted by atomic mass is 19.4. The Kier molecular flexibility index (Phi) is 5.20. The molecule has 1 aromatic carbocycles. The maximum Gasteiger partial charge on any atom is 0.416 e. The minimum absolute atomic E-state index is 0.0796. The van der Waals surface area contributed by atoms with Crippen LogP contribution in [0.15, 0.2) is 24.3 Å². The first-order valence-corrected chi connectivity index (χ1v) is 7.81. The van der Waals surface area contributed by atoms with Gasteiger partial charge in [-0.15, -0.1) is 0 Å². The fraction of sp³-hybridized carbons (Fsp3) is 0.529. The van der Waals surface area contributed by atoms with Crippen LogP contribution in [0.3, 0.4) is 0 Å². The SMILES string of the molecule is CC(CC(=O)N1CCC(C(=O)O)C1C)c1ccccc1C(F)(F)F. The van der Waals surface area contributed by atoms with Crippen LogP contribution in [0.2, 0.25) is 0 Å². The van der Waals surface area contributed by atoms with Gasteiger partial charge in [0.2, 0.25) is 5.91 Å². The highest BCUT2D eigenvalue weighted by Crippen LogP contribution is 2.36. The average Bonchev–Trinajstić information content (AvgIpc) is 2.88. The predicted octanol–water partition coefficient (Wildman–Crippen LogP) is 3.52. The van der Waals surface area contributed by atoms with E-state index in [0.29, 0.717) is 13.0 Å². The van der Waals surface area contributed by atoms with Gasteiger partial charge in [0.25, 0.3) is 0 Å². The fourth-order valence-corrected chi connectivity index (χ4v) is 3.30. The number of nitrogens with zero attached hydrogens (tertiary/aromatic N) is 1. The molecule has 1 aliphatic rings. The van der Waals surface area contributed by atoms with Crippen LogP contribution in [0.5, 0.6) is 0 Å². The van der Waals surface area contributed by atoms with E-state index in [1.807, 2.05) is 0 Å². The van der Waals surface area contributed by atoms with E-state index in [1.165, 1.54) is 23.1 Å². The molecule has 132 valence electrons. The third-order valence-electron chi connectivity index (χ3n) is 4.67. The van der Waals surface area contributed by atoms with Gasteiger partial charge < -0.3 is 10.0 Å². The molecule has 0 aliphatic carbocycles. The number of carbonyl (C=O) groups is 2. The van der Waals surface area contributed by atoms with Crippen LogP contribution >= 0.6 is 0 Å². The molecule has 0 saturated carbocycles. The Hall–Kier alpha value is -2.05. The van der Waals surface area contributed by atoms with Gasteiger partial charge in [0.05, 0.1) is 11.5 Å². The van der Waals surface area contributed by atoms with Crippen molar-refractivity contribution in [3.8, 4) is 0 Å². The zero-order chi connectivity index (χ0) is 18.1. The van der Waals surface area contributed by atoms with Gasteiger partial charge in [0.15, 0.2) is 0 Å². The molecule has 3 unspecified atom stereocenters. The number of hydrogen-bond acceptors (Lipinski definition) is 2. The molecule has 1 fully saturated rings. The maximum atomic E-state index is 13.1. The lowest BCUT2D eigenvalue weighted by molar-refractivity contribution is -0.143. The lowest BCUT2D eigenvalue weighted by atomic mass is 9.92. The van der Waals surface area contributed by atoms with Gasteiger partial charge in [0, 0.05) is 19.0 Å². The first-order chi connectivity index (χ1) is 11.1. The molecule has 4 nitrogen and oxygen atoms in total. The molecule has 1 saturated heterocycles. The van der Waals surface area contributed by atoms with E-state index < -0.39 is 35.6 Å². The van der Waals surface area contributed by atoms with E-state index in [1.54, 1.807) is 13.8 Å². The van der Waals surface area contributed by atoms with Gasteiger partial charge in [-0.3, -0.25) is 9.59 Å². The number of alkyl halides is 3. The third kappa shape index (κ3) is 3.71. The number of carbonyl (C=O) groups excluding carboxylic acids is 1. The highest BCUT2D eigenvalue weighted by molar-refractivity contribution is 5.80. The smallest absolute Gasteiger partial charge is 0.416 e. The van der Waals surface area contributed by atoms with Crippen molar-refractivity contribution in [3.05, 3.63) is 35.4 Å². The Labute approximate surface area is 138 Å². The lowest BCUT2D eigenvalue weighted by Gasteiger charge is -2.25. The Morgan fingerprint density at radius 3 is 2.50 bits per heavy atom. The molecule has 0 radical (unpaired) electrons. The van der Waals surface area contributed by atoms with Gasteiger partial charge in [0.1, 0.15) is 0 Å². The van der Waals surface area contributed by atoms with Gasteiger partial charge in [-0.1, -0.05) is 25.1 Å². The van der Waals surface area contributed by atoms with E-state index in [2.05, 4.69) is 0 Å². The normalized spacial score (nSPS) is 22.5. The standard InChI is InChI=1S/C17H20F3NO3/c1-10(12-5-3-4-6-14(12)17(18,19)20)9-15(22)21-8-7-13(11(21)2)16(23)24/h3-6,10-11,13H,7-9H2,1-2H3,(H,23,24). The molecule has 2 rings (SSSR count). The Morgan fingerprint density at radius 2 is 1.96 bits per heavy atom. The van der Waals surface area contributed by atoms with Crippen molar-refractivity contribution < 1.29 is 27.9 Å². The quantitative estimate of drug-likeness (QED) is 0.910. The summed E-state index contributed by atoms with van der Waals surface area (Å²) in [5.41, 5.74) is -0.650. The molecule has 24 heavy (non-hydrogen) atoms. The van der Waals surface area contributed by atoms with E-state index >= 15 is 0 Å². The zero-order valence-electron chi connectivity index (χ0n) is 13.5. The molecule has 7 heteroatoms. The van der Waals surface area contributed by atoms with Crippen molar-refractivity contribution in [1.82, 2.24) is 4.90 Å². The first kappa shape index (κ1) is 18.3. The van der Waals surface area contributed by atoms with Crippen molar-refractivity contribution in [2.24, 2.45) is 5.92 Å². The number of aliphatic carboxylic acids is 1. The summed E-state index contributed by atoms with van der Waals surface area (Å²) in [5.74, 6) is -2.48. The number of carboxylic acid groups (broad SMARTS) is 1. The molecular weight excluding hydrogens is 323 g/mol. The van der Waals surface area contributed by atoms with Crippen molar-refractivity contribution >= 4 is 11.9 Å². The molecule has 3 atom stereocenters. The van der Waals surface area contributed by atoms with Crippen LogP contribution in [0.25, 0.3) is 0 Å². The van der Waals surface area contributed by atoms with Gasteiger partial charge in [-0.25, -0.2) is 0 Å². The van der Waals surface area contributed by atoms with Crippen LogP contribution in [-0.4, -0.2) is 34.5 Å². The second-order valence-electron chi connectivity index (χ2n) is 6.25. The Balaban J connectivity index is 2.12. The minimum Gasteiger partial charge on any atom is -0.481 e. The molecule has 1 aromatic rings. The number of likely N-dealkylation sites (tertiary alicyclic amines) is 1. The van der Waals surface area contributed by atoms with E-state index in [4.69, 9.17) is 5.11 Å². The summed E-state index contributed by atoms with van der Waals surface area (Å²) in [6.45, 7) is 3.57. The topological polar surface area (TPSA) is 57.6 Å². The van der Waals surface area contributed by atoms with Crippen LogP contribution in [0.1, 0.15) is 43.7 Å². The minimum atomic E-state index is -4.47. The predicted molar refractivity (Wildman–Crippen MR) is 81.4 cm³/mol. The van der Waals surface area contributed by atoms with Crippen molar-refractivity contribution in [2.45, 2.75) is 44.8 Å². The molecule has 1 amide bonds. The van der Waals surface area contributed by atoms with Gasteiger partial charge in [-0.05, 0) is 30.9 Å². The average molecular weight is 343 g/mol. The third-order valence-corrected chi connectivity index (χ3v) is 4.67. The summed E-state index contributed by atoms with van der Waals surface area (Å²) >= 11 is 0. The van der Waals surface area contributed by atoms with Crippen LogP contribution < -0.4 is 0 Å². The highest BCUT2D eigenvalue weighted by Gasteiger charge is 2.39. The van der Waals surface area contributed by atoms with Crippen molar-refractivity contribution in [1.29, 1.82) is 0 Å². The number of hydrogen-bond donors (Lipinski definition) is 1. The summed E-state index contributed by atoms with van der Waals surface area (Å²) in [6, 6.07) is 4.79. The number of halogens is 3. The first-order valence-electron chi connectivity index (χ1n) is 7.81. The summed E-state index contributed by atoms with van der Waals surface area (Å²) in [4.78, 5) is 25.0. The van der Waals surface area contributed by atoms with Crippen molar-refractivity contribution in [3.63, 3.8) is 0 Å². The zero-order valence-corrected chi connectivity index (χ0v) is 13.5. The molecule has 0 spiro atoms. The molecule has 0 aromatic heterocycles. The number of carboxylic acids is 1. The van der Waals surface area contributed by atoms with Gasteiger partial charge in [-0.2, -0.15) is 13.2 Å². The molecular formula is C17H20F3NO3. The molecule has 1 heterocycles. The molecule has 1 N–H and O–H groups in total.